The van der Waals surface area contributed by atoms with Gasteiger partial charge in [-0.2, -0.15) is 10.1 Å². The zero-order valence-electron chi connectivity index (χ0n) is 17.6. The van der Waals surface area contributed by atoms with E-state index in [1.807, 2.05) is 42.8 Å². The summed E-state index contributed by atoms with van der Waals surface area (Å²) in [5.41, 5.74) is 2.81. The predicted molar refractivity (Wildman–Crippen MR) is 118 cm³/mol. The Morgan fingerprint density at radius 1 is 1.27 bits per heavy atom. The van der Waals surface area contributed by atoms with Gasteiger partial charge in [-0.25, -0.2) is 4.68 Å². The van der Waals surface area contributed by atoms with Crippen molar-refractivity contribution in [2.24, 2.45) is 0 Å². The molecule has 0 saturated carbocycles. The van der Waals surface area contributed by atoms with Gasteiger partial charge in [0.25, 0.3) is 0 Å². The molecule has 3 heterocycles. The molecule has 1 aliphatic heterocycles. The molecule has 0 atom stereocenters. The average Bonchev–Trinajstić information content (AvgIpc) is 3.33. The van der Waals surface area contributed by atoms with Crippen LogP contribution in [0.25, 0.3) is 16.0 Å². The van der Waals surface area contributed by atoms with E-state index in [4.69, 9.17) is 14.5 Å². The first-order valence-corrected chi connectivity index (χ1v) is 11.0. The number of carbonyl (C=O) groups excluding carboxylic acids is 1. The number of thiazole rings is 1. The van der Waals surface area contributed by atoms with Crippen LogP contribution in [0.3, 0.4) is 0 Å². The number of anilines is 1. The monoisotopic (exact) mass is 429 g/mol. The molecule has 8 nitrogen and oxygen atoms in total. The molecule has 1 fully saturated rings. The van der Waals surface area contributed by atoms with Gasteiger partial charge in [0.05, 0.1) is 23.2 Å². The van der Waals surface area contributed by atoms with Crippen LogP contribution in [0.5, 0.6) is 5.75 Å². The van der Waals surface area contributed by atoms with Crippen LogP contribution in [0.1, 0.15) is 25.5 Å². The Bertz CT molecular complexity index is 1010. The van der Waals surface area contributed by atoms with Gasteiger partial charge in [-0.3, -0.25) is 4.79 Å². The molecule has 9 heteroatoms. The largest absolute Gasteiger partial charge is 0.497 e. The number of carbonyl (C=O) groups is 1. The fourth-order valence-corrected chi connectivity index (χ4v) is 4.68. The number of methoxy groups -OCH3 is 1. The van der Waals surface area contributed by atoms with Gasteiger partial charge in [-0.05, 0) is 51.0 Å². The SMILES string of the molecule is CCOCC(=O)NC1CCN(c2nc3c(s2)c(C)nn3-c2ccc(OC)cc2)CC1. The highest BCUT2D eigenvalue weighted by Gasteiger charge is 2.24. The lowest BCUT2D eigenvalue weighted by Crippen LogP contribution is -2.45. The molecule has 1 N–H and O–H groups in total. The number of benzene rings is 1. The average molecular weight is 430 g/mol. The quantitative estimate of drug-likeness (QED) is 0.622. The highest BCUT2D eigenvalue weighted by molar-refractivity contribution is 7.22. The van der Waals surface area contributed by atoms with E-state index in [1.165, 1.54) is 0 Å². The molecule has 3 aromatic rings. The standard InChI is InChI=1S/C21H27N5O3S/c1-4-29-13-18(27)22-15-9-11-25(12-10-15)21-23-20-19(30-21)14(2)24-26(20)16-5-7-17(28-3)8-6-16/h5-8,15H,4,9-13H2,1-3H3,(H,22,27). The lowest BCUT2D eigenvalue weighted by Gasteiger charge is -2.32. The fraction of sp³-hybridized carbons (Fsp3) is 0.476. The second-order valence-electron chi connectivity index (χ2n) is 7.31. The van der Waals surface area contributed by atoms with E-state index in [1.54, 1.807) is 18.4 Å². The summed E-state index contributed by atoms with van der Waals surface area (Å²) in [5.74, 6) is 0.777. The number of hydrogen-bond donors (Lipinski definition) is 1. The highest BCUT2D eigenvalue weighted by Crippen LogP contribution is 2.34. The number of amides is 1. The number of aromatic nitrogens is 3. The zero-order valence-corrected chi connectivity index (χ0v) is 18.4. The van der Waals surface area contributed by atoms with Gasteiger partial charge >= 0.3 is 0 Å². The molecule has 0 aliphatic carbocycles. The first-order valence-electron chi connectivity index (χ1n) is 10.2. The van der Waals surface area contributed by atoms with Gasteiger partial charge in [0.1, 0.15) is 12.4 Å². The van der Waals surface area contributed by atoms with Crippen molar-refractivity contribution in [2.75, 3.05) is 38.3 Å². The second-order valence-corrected chi connectivity index (χ2v) is 8.29. The number of hydrogen-bond acceptors (Lipinski definition) is 7. The minimum Gasteiger partial charge on any atom is -0.497 e. The Morgan fingerprint density at radius 3 is 2.67 bits per heavy atom. The Labute approximate surface area is 179 Å². The summed E-state index contributed by atoms with van der Waals surface area (Å²) in [5, 5.41) is 8.75. The van der Waals surface area contributed by atoms with E-state index >= 15 is 0 Å². The Balaban J connectivity index is 1.46. The number of fused-ring (bicyclic) bond motifs is 1. The van der Waals surface area contributed by atoms with Gasteiger partial charge in [0.15, 0.2) is 10.8 Å². The van der Waals surface area contributed by atoms with E-state index in [9.17, 15) is 4.79 Å². The summed E-state index contributed by atoms with van der Waals surface area (Å²) in [6, 6.07) is 8.02. The van der Waals surface area contributed by atoms with Crippen molar-refractivity contribution in [1.82, 2.24) is 20.1 Å². The van der Waals surface area contributed by atoms with Crippen molar-refractivity contribution in [2.45, 2.75) is 32.7 Å². The topological polar surface area (TPSA) is 81.5 Å². The Hall–Kier alpha value is -2.65. The van der Waals surface area contributed by atoms with Gasteiger partial charge in [0, 0.05) is 25.7 Å². The third kappa shape index (κ3) is 4.27. The first-order chi connectivity index (χ1) is 14.6. The molecule has 4 rings (SSSR count). The highest BCUT2D eigenvalue weighted by atomic mass is 32.1. The number of piperidine rings is 1. The molecule has 30 heavy (non-hydrogen) atoms. The minimum atomic E-state index is -0.0366. The number of ether oxygens (including phenoxy) is 2. The molecule has 1 amide bonds. The van der Waals surface area contributed by atoms with Gasteiger partial charge < -0.3 is 19.7 Å². The molecule has 0 radical (unpaired) electrons. The first kappa shape index (κ1) is 20.6. The van der Waals surface area contributed by atoms with E-state index in [-0.39, 0.29) is 18.6 Å². The summed E-state index contributed by atoms with van der Waals surface area (Å²) in [4.78, 5) is 19.1. The van der Waals surface area contributed by atoms with Gasteiger partial charge in [-0.1, -0.05) is 11.3 Å². The Kier molecular flexibility index (Phi) is 6.19. The number of rotatable bonds is 7. The van der Waals surface area contributed by atoms with Crippen LogP contribution in [0.2, 0.25) is 0 Å². The van der Waals surface area contributed by atoms with Crippen molar-refractivity contribution in [3.8, 4) is 11.4 Å². The van der Waals surface area contributed by atoms with Gasteiger partial charge in [0.2, 0.25) is 5.91 Å². The summed E-state index contributed by atoms with van der Waals surface area (Å²) in [6.45, 7) is 6.33. The maximum Gasteiger partial charge on any atom is 0.246 e. The predicted octanol–water partition coefficient (Wildman–Crippen LogP) is 2.92. The molecule has 0 spiro atoms. The minimum absolute atomic E-state index is 0.0366. The number of nitrogens with zero attached hydrogens (tertiary/aromatic N) is 4. The normalized spacial score (nSPS) is 15.0. The number of nitrogens with one attached hydrogen (secondary N) is 1. The molecule has 160 valence electrons. The number of aryl methyl sites for hydroxylation is 1. The summed E-state index contributed by atoms with van der Waals surface area (Å²) in [7, 11) is 1.66. The molecule has 1 aliphatic rings. The molecule has 1 saturated heterocycles. The van der Waals surface area contributed by atoms with Gasteiger partial charge in [-0.15, -0.1) is 0 Å². The lowest BCUT2D eigenvalue weighted by molar-refractivity contribution is -0.126. The smallest absolute Gasteiger partial charge is 0.246 e. The summed E-state index contributed by atoms with van der Waals surface area (Å²) in [6.07, 6.45) is 1.80. The maximum absolute atomic E-state index is 11.9. The third-order valence-electron chi connectivity index (χ3n) is 5.26. The summed E-state index contributed by atoms with van der Waals surface area (Å²) >= 11 is 1.68. The molecule has 0 unspecified atom stereocenters. The van der Waals surface area contributed by atoms with Crippen molar-refractivity contribution >= 4 is 32.7 Å². The van der Waals surface area contributed by atoms with E-state index < -0.39 is 0 Å². The Morgan fingerprint density at radius 2 is 2.00 bits per heavy atom. The van der Waals surface area contributed by atoms with Crippen molar-refractivity contribution in [1.29, 1.82) is 0 Å². The maximum atomic E-state index is 11.9. The van der Waals surface area contributed by atoms with Crippen LogP contribution in [0.15, 0.2) is 24.3 Å². The van der Waals surface area contributed by atoms with Crippen LogP contribution in [-0.2, 0) is 9.53 Å². The van der Waals surface area contributed by atoms with Crippen LogP contribution < -0.4 is 15.0 Å². The molecule has 2 aromatic heterocycles. The molecular formula is C21H27N5O3S. The van der Waals surface area contributed by atoms with Crippen molar-refractivity contribution in [3.63, 3.8) is 0 Å². The summed E-state index contributed by atoms with van der Waals surface area (Å²) < 4.78 is 13.4. The van der Waals surface area contributed by atoms with Crippen LogP contribution >= 0.6 is 11.3 Å². The van der Waals surface area contributed by atoms with Crippen LogP contribution in [0, 0.1) is 6.92 Å². The van der Waals surface area contributed by atoms with Crippen LogP contribution in [-0.4, -0.2) is 60.1 Å². The van der Waals surface area contributed by atoms with Crippen molar-refractivity contribution in [3.05, 3.63) is 30.0 Å². The molecule has 1 aromatic carbocycles. The zero-order chi connectivity index (χ0) is 21.1. The lowest BCUT2D eigenvalue weighted by atomic mass is 10.1. The van der Waals surface area contributed by atoms with E-state index in [0.29, 0.717) is 6.61 Å². The second kappa shape index (κ2) is 9.01. The van der Waals surface area contributed by atoms with E-state index in [2.05, 4.69) is 15.3 Å². The van der Waals surface area contributed by atoms with Crippen LogP contribution in [0.4, 0.5) is 5.13 Å². The molecular weight excluding hydrogens is 402 g/mol. The third-order valence-corrected chi connectivity index (χ3v) is 6.48. The fourth-order valence-electron chi connectivity index (χ4n) is 3.64. The molecule has 0 bridgehead atoms. The van der Waals surface area contributed by atoms with E-state index in [0.717, 1.165) is 58.5 Å². The van der Waals surface area contributed by atoms with Crippen molar-refractivity contribution < 1.29 is 14.3 Å².